The summed E-state index contributed by atoms with van der Waals surface area (Å²) in [6.07, 6.45) is 1.16. The molecule has 1 atom stereocenters. The van der Waals surface area contributed by atoms with Gasteiger partial charge in [-0.1, -0.05) is 0 Å². The number of hydrogen-bond acceptors (Lipinski definition) is 6. The van der Waals surface area contributed by atoms with E-state index in [1.807, 2.05) is 6.92 Å². The Morgan fingerprint density at radius 3 is 2.88 bits per heavy atom. The number of H-pyrrole nitrogens is 1. The van der Waals surface area contributed by atoms with E-state index in [1.54, 1.807) is 19.1 Å². The summed E-state index contributed by atoms with van der Waals surface area (Å²) in [5.74, 6) is 0.368. The average Bonchev–Trinajstić information content (AvgIpc) is 2.59. The van der Waals surface area contributed by atoms with Crippen molar-refractivity contribution < 1.29 is 23.7 Å². The highest BCUT2D eigenvalue weighted by atomic mass is 16.6. The van der Waals surface area contributed by atoms with E-state index in [9.17, 15) is 9.59 Å². The normalized spacial score (nSPS) is 16.2. The van der Waals surface area contributed by atoms with Crippen LogP contribution in [0.25, 0.3) is 10.9 Å². The number of aromatic amines is 1. The smallest absolute Gasteiger partial charge is 0.343 e. The van der Waals surface area contributed by atoms with Gasteiger partial charge >= 0.3 is 5.97 Å². The van der Waals surface area contributed by atoms with Crippen molar-refractivity contribution in [3.8, 4) is 11.5 Å². The van der Waals surface area contributed by atoms with Gasteiger partial charge in [0.05, 0.1) is 24.1 Å². The number of carbonyl (C=O) groups is 1. The highest BCUT2D eigenvalue weighted by Gasteiger charge is 2.23. The molecule has 0 saturated heterocycles. The van der Waals surface area contributed by atoms with E-state index in [0.717, 1.165) is 0 Å². The van der Waals surface area contributed by atoms with E-state index in [0.29, 0.717) is 42.2 Å². The van der Waals surface area contributed by atoms with Crippen LogP contribution in [-0.4, -0.2) is 43.5 Å². The lowest BCUT2D eigenvalue weighted by Gasteiger charge is -2.26. The molecule has 1 aromatic heterocycles. The van der Waals surface area contributed by atoms with Crippen LogP contribution >= 0.6 is 0 Å². The first-order valence-electron chi connectivity index (χ1n) is 7.87. The van der Waals surface area contributed by atoms with Gasteiger partial charge in [-0.2, -0.15) is 0 Å². The Bertz CT molecular complexity index is 813. The summed E-state index contributed by atoms with van der Waals surface area (Å²) in [6.45, 7) is 5.19. The summed E-state index contributed by atoms with van der Waals surface area (Å²) >= 11 is 0. The molecule has 1 aromatic carbocycles. The third-order valence-corrected chi connectivity index (χ3v) is 3.67. The summed E-state index contributed by atoms with van der Waals surface area (Å²) in [6, 6.07) is 3.28. The third-order valence-electron chi connectivity index (χ3n) is 3.67. The number of pyridine rings is 1. The molecule has 0 amide bonds. The highest BCUT2D eigenvalue weighted by molar-refractivity contribution is 5.94. The van der Waals surface area contributed by atoms with Crippen LogP contribution < -0.4 is 14.9 Å². The summed E-state index contributed by atoms with van der Waals surface area (Å²) in [7, 11) is 0. The monoisotopic (exact) mass is 333 g/mol. The summed E-state index contributed by atoms with van der Waals surface area (Å²) < 4.78 is 21.7. The number of benzene rings is 1. The Hall–Kier alpha value is -2.54. The van der Waals surface area contributed by atoms with Crippen LogP contribution in [0, 0.1) is 0 Å². The van der Waals surface area contributed by atoms with E-state index in [4.69, 9.17) is 18.9 Å². The minimum Gasteiger partial charge on any atom is -0.486 e. The molecule has 7 heteroatoms. The van der Waals surface area contributed by atoms with E-state index < -0.39 is 11.4 Å². The lowest BCUT2D eigenvalue weighted by molar-refractivity contribution is 0.0129. The van der Waals surface area contributed by atoms with Crippen molar-refractivity contribution in [3.05, 3.63) is 34.1 Å². The Morgan fingerprint density at radius 1 is 1.29 bits per heavy atom. The van der Waals surface area contributed by atoms with Crippen LogP contribution in [0.4, 0.5) is 0 Å². The van der Waals surface area contributed by atoms with Crippen molar-refractivity contribution in [2.45, 2.75) is 20.0 Å². The molecule has 1 aliphatic heterocycles. The minimum atomic E-state index is -0.646. The number of carbonyl (C=O) groups excluding carboxylic acids is 1. The van der Waals surface area contributed by atoms with Gasteiger partial charge in [0.1, 0.15) is 12.2 Å². The van der Waals surface area contributed by atoms with Gasteiger partial charge in [0.15, 0.2) is 17.6 Å². The molecule has 3 rings (SSSR count). The minimum absolute atomic E-state index is 0.0322. The zero-order chi connectivity index (χ0) is 17.1. The van der Waals surface area contributed by atoms with Crippen LogP contribution in [0.3, 0.4) is 0 Å². The van der Waals surface area contributed by atoms with E-state index in [-0.39, 0.29) is 18.3 Å². The lowest BCUT2D eigenvalue weighted by atomic mass is 10.1. The number of aromatic nitrogens is 1. The first kappa shape index (κ1) is 16.3. The fourth-order valence-electron chi connectivity index (χ4n) is 2.52. The van der Waals surface area contributed by atoms with E-state index >= 15 is 0 Å². The van der Waals surface area contributed by atoms with Crippen LogP contribution in [0.2, 0.25) is 0 Å². The molecular formula is C17H19NO6. The van der Waals surface area contributed by atoms with Crippen molar-refractivity contribution in [1.29, 1.82) is 0 Å². The molecule has 1 N–H and O–H groups in total. The second kappa shape index (κ2) is 6.92. The molecule has 24 heavy (non-hydrogen) atoms. The van der Waals surface area contributed by atoms with Crippen molar-refractivity contribution in [2.75, 3.05) is 26.4 Å². The third kappa shape index (κ3) is 3.07. The maximum atomic E-state index is 12.5. The summed E-state index contributed by atoms with van der Waals surface area (Å²) in [5.41, 5.74) is 0.132. The number of esters is 1. The second-order valence-electron chi connectivity index (χ2n) is 5.31. The first-order valence-corrected chi connectivity index (χ1v) is 7.87. The van der Waals surface area contributed by atoms with Gasteiger partial charge in [-0.15, -0.1) is 0 Å². The fraction of sp³-hybridized carbons (Fsp3) is 0.412. The lowest BCUT2D eigenvalue weighted by Crippen LogP contribution is -2.33. The van der Waals surface area contributed by atoms with Gasteiger partial charge in [0.2, 0.25) is 5.43 Å². The molecular weight excluding hydrogens is 314 g/mol. The maximum Gasteiger partial charge on any atom is 0.343 e. The van der Waals surface area contributed by atoms with Crippen molar-refractivity contribution >= 4 is 16.9 Å². The van der Waals surface area contributed by atoms with Gasteiger partial charge < -0.3 is 23.9 Å². The van der Waals surface area contributed by atoms with Gasteiger partial charge in [-0.05, 0) is 19.9 Å². The van der Waals surface area contributed by atoms with Gasteiger partial charge in [-0.3, -0.25) is 4.79 Å². The van der Waals surface area contributed by atoms with Gasteiger partial charge in [0, 0.05) is 18.9 Å². The molecule has 1 unspecified atom stereocenters. The SMILES string of the molecule is CCOCC1COc2cc3c(=O)c(C(=O)OCC)c[nH]c3cc2O1. The largest absolute Gasteiger partial charge is 0.486 e. The number of fused-ring (bicyclic) bond motifs is 2. The van der Waals surface area contributed by atoms with Crippen molar-refractivity contribution in [3.63, 3.8) is 0 Å². The predicted octanol–water partition coefficient (Wildman–Crippen LogP) is 1.88. The molecule has 0 bridgehead atoms. The van der Waals surface area contributed by atoms with Gasteiger partial charge in [-0.25, -0.2) is 4.79 Å². The summed E-state index contributed by atoms with van der Waals surface area (Å²) in [4.78, 5) is 27.3. The molecule has 0 aliphatic carbocycles. The maximum absolute atomic E-state index is 12.5. The fourth-order valence-corrected chi connectivity index (χ4v) is 2.52. The quantitative estimate of drug-likeness (QED) is 0.841. The molecule has 1 aliphatic rings. The van der Waals surface area contributed by atoms with Crippen LogP contribution in [-0.2, 0) is 9.47 Å². The zero-order valence-electron chi connectivity index (χ0n) is 13.6. The molecule has 2 aromatic rings. The Morgan fingerprint density at radius 2 is 2.12 bits per heavy atom. The molecule has 0 spiro atoms. The van der Waals surface area contributed by atoms with Crippen LogP contribution in [0.5, 0.6) is 11.5 Å². The number of ether oxygens (including phenoxy) is 4. The molecule has 7 nitrogen and oxygen atoms in total. The number of rotatable bonds is 5. The second-order valence-corrected chi connectivity index (χ2v) is 5.31. The number of hydrogen-bond donors (Lipinski definition) is 1. The molecule has 0 saturated carbocycles. The van der Waals surface area contributed by atoms with Crippen LogP contribution in [0.15, 0.2) is 23.1 Å². The van der Waals surface area contributed by atoms with Crippen molar-refractivity contribution in [1.82, 2.24) is 4.98 Å². The van der Waals surface area contributed by atoms with Crippen molar-refractivity contribution in [2.24, 2.45) is 0 Å². The van der Waals surface area contributed by atoms with Crippen LogP contribution in [0.1, 0.15) is 24.2 Å². The molecule has 0 radical (unpaired) electrons. The Balaban J connectivity index is 1.96. The summed E-state index contributed by atoms with van der Waals surface area (Å²) in [5, 5.41) is 0.353. The topological polar surface area (TPSA) is 86.9 Å². The Kier molecular flexibility index (Phi) is 4.71. The molecule has 2 heterocycles. The highest BCUT2D eigenvalue weighted by Crippen LogP contribution is 2.34. The van der Waals surface area contributed by atoms with E-state index in [2.05, 4.69) is 4.98 Å². The zero-order valence-corrected chi connectivity index (χ0v) is 13.6. The van der Waals surface area contributed by atoms with E-state index in [1.165, 1.54) is 6.20 Å². The molecule has 0 fully saturated rings. The first-order chi connectivity index (χ1) is 11.6. The predicted molar refractivity (Wildman–Crippen MR) is 86.9 cm³/mol. The molecule has 128 valence electrons. The Labute approximate surface area is 138 Å². The average molecular weight is 333 g/mol. The standard InChI is InChI=1S/C17H19NO6/c1-3-21-8-10-9-23-14-5-11-13(6-15(14)24-10)18-7-12(16(11)19)17(20)22-4-2/h5-7,10H,3-4,8-9H2,1-2H3,(H,18,19). The van der Waals surface area contributed by atoms with Gasteiger partial charge in [0.25, 0.3) is 0 Å². The number of nitrogens with one attached hydrogen (secondary N) is 1.